The van der Waals surface area contributed by atoms with Gasteiger partial charge in [0.15, 0.2) is 0 Å². The summed E-state index contributed by atoms with van der Waals surface area (Å²) in [6, 6.07) is 10.1. The second-order valence-corrected chi connectivity index (χ2v) is 7.20. The number of nitrogens with one attached hydrogen (secondary N) is 2. The van der Waals surface area contributed by atoms with Crippen molar-refractivity contribution in [3.8, 4) is 5.75 Å². The molecule has 3 aromatic rings. The van der Waals surface area contributed by atoms with E-state index in [4.69, 9.17) is 5.73 Å². The van der Waals surface area contributed by atoms with Crippen molar-refractivity contribution in [2.24, 2.45) is 11.7 Å². The Morgan fingerprint density at radius 1 is 1.12 bits per heavy atom. The predicted molar refractivity (Wildman–Crippen MR) is 116 cm³/mol. The van der Waals surface area contributed by atoms with Crippen LogP contribution in [-0.2, 0) is 4.79 Å². The van der Waals surface area contributed by atoms with Gasteiger partial charge in [0.1, 0.15) is 17.9 Å². The standard InChI is InChI=1S/C22H22F3N5O3/c1-2-13(19(26)31)9-10-27-21(32)14-3-8-17-18(11-14)28-12-29-20(17)30-15-4-6-16(7-5-15)33-22(23,24)25/h3-8,11-13H,2,9-10H2,1H3,(H2,26,31)(H,27,32)(H,28,29,30). The van der Waals surface area contributed by atoms with Crippen molar-refractivity contribution in [1.82, 2.24) is 15.3 Å². The molecule has 0 aliphatic carbocycles. The Morgan fingerprint density at radius 3 is 2.48 bits per heavy atom. The first kappa shape index (κ1) is 23.8. The van der Waals surface area contributed by atoms with Gasteiger partial charge in [0, 0.05) is 29.1 Å². The maximum absolute atomic E-state index is 12.5. The Kier molecular flexibility index (Phi) is 7.31. The van der Waals surface area contributed by atoms with E-state index in [1.807, 2.05) is 6.92 Å². The molecule has 1 unspecified atom stereocenters. The van der Waals surface area contributed by atoms with Gasteiger partial charge in [-0.25, -0.2) is 9.97 Å². The Bertz CT molecular complexity index is 1140. The first-order chi connectivity index (χ1) is 15.7. The molecule has 3 rings (SSSR count). The molecular weight excluding hydrogens is 439 g/mol. The topological polar surface area (TPSA) is 119 Å². The molecule has 11 heteroatoms. The monoisotopic (exact) mass is 461 g/mol. The minimum absolute atomic E-state index is 0.294. The number of carbonyl (C=O) groups excluding carboxylic acids is 2. The number of aromatic nitrogens is 2. The largest absolute Gasteiger partial charge is 0.573 e. The van der Waals surface area contributed by atoms with Crippen molar-refractivity contribution in [2.75, 3.05) is 11.9 Å². The highest BCUT2D eigenvalue weighted by Crippen LogP contribution is 2.27. The van der Waals surface area contributed by atoms with Crippen LogP contribution in [-0.4, -0.2) is 34.7 Å². The van der Waals surface area contributed by atoms with Gasteiger partial charge in [-0.1, -0.05) is 6.92 Å². The van der Waals surface area contributed by atoms with Gasteiger partial charge in [-0.3, -0.25) is 9.59 Å². The molecule has 0 bridgehead atoms. The molecule has 2 aromatic carbocycles. The molecule has 0 radical (unpaired) electrons. The van der Waals surface area contributed by atoms with E-state index in [0.717, 1.165) is 0 Å². The normalized spacial score (nSPS) is 12.2. The summed E-state index contributed by atoms with van der Waals surface area (Å²) in [6.45, 7) is 2.17. The fourth-order valence-electron chi connectivity index (χ4n) is 3.18. The second-order valence-electron chi connectivity index (χ2n) is 7.20. The van der Waals surface area contributed by atoms with Gasteiger partial charge in [0.2, 0.25) is 5.91 Å². The second kappa shape index (κ2) is 10.2. The Morgan fingerprint density at radius 2 is 1.85 bits per heavy atom. The van der Waals surface area contributed by atoms with Crippen LogP contribution in [0.5, 0.6) is 5.75 Å². The number of hydrogen-bond donors (Lipinski definition) is 3. The molecule has 2 amide bonds. The minimum atomic E-state index is -4.76. The van der Waals surface area contributed by atoms with Crippen LogP contribution in [0.1, 0.15) is 30.1 Å². The number of hydrogen-bond acceptors (Lipinski definition) is 6. The van der Waals surface area contributed by atoms with Crippen molar-refractivity contribution < 1.29 is 27.5 Å². The molecule has 0 saturated carbocycles. The number of benzene rings is 2. The third-order valence-corrected chi connectivity index (χ3v) is 4.92. The first-order valence-corrected chi connectivity index (χ1v) is 10.1. The van der Waals surface area contributed by atoms with Crippen LogP contribution in [0.15, 0.2) is 48.8 Å². The highest BCUT2D eigenvalue weighted by Gasteiger charge is 2.31. The highest BCUT2D eigenvalue weighted by atomic mass is 19.4. The molecule has 1 aromatic heterocycles. The molecule has 0 saturated heterocycles. The molecule has 0 aliphatic rings. The zero-order chi connectivity index (χ0) is 24.0. The maximum atomic E-state index is 12.5. The summed E-state index contributed by atoms with van der Waals surface area (Å²) in [5.41, 5.74) is 6.69. The van der Waals surface area contributed by atoms with Crippen molar-refractivity contribution in [3.63, 3.8) is 0 Å². The first-order valence-electron chi connectivity index (χ1n) is 10.1. The van der Waals surface area contributed by atoms with Crippen molar-refractivity contribution >= 4 is 34.2 Å². The summed E-state index contributed by atoms with van der Waals surface area (Å²) >= 11 is 0. The van der Waals surface area contributed by atoms with Crippen molar-refractivity contribution in [3.05, 3.63) is 54.4 Å². The summed E-state index contributed by atoms with van der Waals surface area (Å²) in [4.78, 5) is 32.1. The van der Waals surface area contributed by atoms with E-state index >= 15 is 0 Å². The number of nitrogens with two attached hydrogens (primary N) is 1. The van der Waals surface area contributed by atoms with Gasteiger partial charge in [-0.15, -0.1) is 13.2 Å². The number of ether oxygens (including phenoxy) is 1. The molecular formula is C22H22F3N5O3. The number of fused-ring (bicyclic) bond motifs is 1. The summed E-state index contributed by atoms with van der Waals surface area (Å²) in [5, 5.41) is 6.39. The highest BCUT2D eigenvalue weighted by molar-refractivity contribution is 6.00. The third-order valence-electron chi connectivity index (χ3n) is 4.92. The van der Waals surface area contributed by atoms with Crippen LogP contribution >= 0.6 is 0 Å². The van der Waals surface area contributed by atoms with Gasteiger partial charge in [0.05, 0.1) is 5.52 Å². The molecule has 1 atom stereocenters. The number of carbonyl (C=O) groups is 2. The van der Waals surface area contributed by atoms with Crippen molar-refractivity contribution in [2.45, 2.75) is 26.1 Å². The van der Waals surface area contributed by atoms with Gasteiger partial charge in [-0.05, 0) is 55.3 Å². The van der Waals surface area contributed by atoms with Crippen LogP contribution in [0.4, 0.5) is 24.7 Å². The van der Waals surface area contributed by atoms with E-state index in [9.17, 15) is 22.8 Å². The molecule has 174 valence electrons. The summed E-state index contributed by atoms with van der Waals surface area (Å²) in [5.74, 6) is -0.917. The number of anilines is 2. The van der Waals surface area contributed by atoms with Gasteiger partial charge >= 0.3 is 6.36 Å². The molecule has 4 N–H and O–H groups in total. The summed E-state index contributed by atoms with van der Waals surface area (Å²) in [6.07, 6.45) is -2.40. The number of primary amides is 1. The van der Waals surface area contributed by atoms with Crippen molar-refractivity contribution in [1.29, 1.82) is 0 Å². The van der Waals surface area contributed by atoms with Gasteiger partial charge in [-0.2, -0.15) is 0 Å². The molecule has 0 fully saturated rings. The number of amides is 2. The molecule has 0 aliphatic heterocycles. The Balaban J connectivity index is 1.70. The molecule has 8 nitrogen and oxygen atoms in total. The van der Waals surface area contributed by atoms with E-state index in [0.29, 0.717) is 47.4 Å². The lowest BCUT2D eigenvalue weighted by atomic mass is 10.0. The predicted octanol–water partition coefficient (Wildman–Crippen LogP) is 3.90. The van der Waals surface area contributed by atoms with Crippen LogP contribution in [0.3, 0.4) is 0 Å². The zero-order valence-electron chi connectivity index (χ0n) is 17.6. The maximum Gasteiger partial charge on any atom is 0.573 e. The zero-order valence-corrected chi connectivity index (χ0v) is 17.6. The average molecular weight is 461 g/mol. The fourth-order valence-corrected chi connectivity index (χ4v) is 3.18. The van der Waals surface area contributed by atoms with Crippen LogP contribution in [0, 0.1) is 5.92 Å². The number of nitrogens with zero attached hydrogens (tertiary/aromatic N) is 2. The van der Waals surface area contributed by atoms with E-state index in [1.165, 1.54) is 30.6 Å². The molecule has 1 heterocycles. The fraction of sp³-hybridized carbons (Fsp3) is 0.273. The average Bonchev–Trinajstić information content (AvgIpc) is 2.76. The lowest BCUT2D eigenvalue weighted by molar-refractivity contribution is -0.274. The van der Waals surface area contributed by atoms with Crippen LogP contribution < -0.4 is 21.1 Å². The third kappa shape index (κ3) is 6.55. The van der Waals surface area contributed by atoms with Crippen LogP contribution in [0.2, 0.25) is 0 Å². The molecule has 0 spiro atoms. The van der Waals surface area contributed by atoms with Gasteiger partial charge in [0.25, 0.3) is 5.91 Å². The minimum Gasteiger partial charge on any atom is -0.406 e. The van der Waals surface area contributed by atoms with E-state index in [2.05, 4.69) is 25.3 Å². The SMILES string of the molecule is CCC(CCNC(=O)c1ccc2c(Nc3ccc(OC(F)(F)F)cc3)ncnc2c1)C(N)=O. The van der Waals surface area contributed by atoms with Gasteiger partial charge < -0.3 is 21.1 Å². The lowest BCUT2D eigenvalue weighted by Gasteiger charge is -2.12. The number of rotatable bonds is 9. The molecule has 33 heavy (non-hydrogen) atoms. The van der Waals surface area contributed by atoms with Crippen LogP contribution in [0.25, 0.3) is 10.9 Å². The van der Waals surface area contributed by atoms with E-state index in [-0.39, 0.29) is 17.6 Å². The summed E-state index contributed by atoms with van der Waals surface area (Å²) in [7, 11) is 0. The number of alkyl halides is 3. The number of halogens is 3. The van der Waals surface area contributed by atoms with E-state index in [1.54, 1.807) is 18.2 Å². The Hall–Kier alpha value is -3.89. The Labute approximate surface area is 187 Å². The summed E-state index contributed by atoms with van der Waals surface area (Å²) < 4.78 is 40.8. The smallest absolute Gasteiger partial charge is 0.406 e. The van der Waals surface area contributed by atoms with E-state index < -0.39 is 12.3 Å². The lowest BCUT2D eigenvalue weighted by Crippen LogP contribution is -2.30. The quantitative estimate of drug-likeness (QED) is 0.445.